The summed E-state index contributed by atoms with van der Waals surface area (Å²) in [6.07, 6.45) is 0. The van der Waals surface area contributed by atoms with Crippen LogP contribution in [-0.2, 0) is 9.53 Å². The number of nitrogens with zero attached hydrogens (tertiary/aromatic N) is 2. The average Bonchev–Trinajstić information content (AvgIpc) is 3.27. The Balaban J connectivity index is 1.84. The predicted octanol–water partition coefficient (Wildman–Crippen LogP) is 4.13. The lowest BCUT2D eigenvalue weighted by atomic mass is 9.90. The van der Waals surface area contributed by atoms with E-state index in [0.717, 1.165) is 5.69 Å². The average molecular weight is 493 g/mol. The zero-order valence-corrected chi connectivity index (χ0v) is 20.4. The summed E-state index contributed by atoms with van der Waals surface area (Å²) in [6.45, 7) is 3.53. The Hall–Kier alpha value is -4.18. The first-order valence-electron chi connectivity index (χ1n) is 10.7. The number of aryl methyl sites for hydroxylation is 1. The summed E-state index contributed by atoms with van der Waals surface area (Å²) in [4.78, 5) is 27.9. The van der Waals surface area contributed by atoms with Gasteiger partial charge in [-0.2, -0.15) is 0 Å². The van der Waals surface area contributed by atoms with Crippen molar-refractivity contribution in [3.63, 3.8) is 0 Å². The fourth-order valence-corrected chi connectivity index (χ4v) is 4.33. The van der Waals surface area contributed by atoms with Crippen LogP contribution in [0.15, 0.2) is 70.4 Å². The zero-order chi connectivity index (χ0) is 25.1. The quantitative estimate of drug-likeness (QED) is 0.388. The van der Waals surface area contributed by atoms with Gasteiger partial charge in [0.2, 0.25) is 0 Å². The van der Waals surface area contributed by atoms with Crippen LogP contribution >= 0.6 is 12.2 Å². The number of benzene rings is 2. The van der Waals surface area contributed by atoms with Crippen molar-refractivity contribution in [3.05, 3.63) is 82.8 Å². The monoisotopic (exact) mass is 492 g/mol. The van der Waals surface area contributed by atoms with E-state index in [-0.39, 0.29) is 5.82 Å². The van der Waals surface area contributed by atoms with Crippen molar-refractivity contribution in [1.29, 1.82) is 0 Å². The van der Waals surface area contributed by atoms with Gasteiger partial charge < -0.3 is 24.6 Å². The summed E-state index contributed by atoms with van der Waals surface area (Å²) in [5.74, 6) is 0.582. The van der Waals surface area contributed by atoms with E-state index in [1.54, 1.807) is 56.2 Å². The SMILES string of the molecule is COC(=O)c1ccccc1C1NC(=S)N(c2ccc(OC)cc2)C(C)=C1C(=O)Nc1cc(C)on1. The second kappa shape index (κ2) is 9.98. The Morgan fingerprint density at radius 3 is 2.46 bits per heavy atom. The van der Waals surface area contributed by atoms with Crippen LogP contribution in [0.5, 0.6) is 5.75 Å². The van der Waals surface area contributed by atoms with E-state index < -0.39 is 17.9 Å². The Labute approximate surface area is 207 Å². The van der Waals surface area contributed by atoms with Gasteiger partial charge in [0.25, 0.3) is 5.91 Å². The molecule has 9 nitrogen and oxygen atoms in total. The molecular weight excluding hydrogens is 468 g/mol. The molecule has 2 heterocycles. The van der Waals surface area contributed by atoms with Crippen molar-refractivity contribution < 1.29 is 23.6 Å². The maximum atomic E-state index is 13.6. The fraction of sp³-hybridized carbons (Fsp3) is 0.200. The molecule has 0 bridgehead atoms. The number of nitrogens with one attached hydrogen (secondary N) is 2. The van der Waals surface area contributed by atoms with Crippen LogP contribution in [0.1, 0.15) is 34.6 Å². The molecule has 2 N–H and O–H groups in total. The van der Waals surface area contributed by atoms with Gasteiger partial charge in [0.05, 0.1) is 31.4 Å². The zero-order valence-electron chi connectivity index (χ0n) is 19.6. The molecule has 180 valence electrons. The Bertz CT molecular complexity index is 1320. The normalized spacial score (nSPS) is 15.5. The van der Waals surface area contributed by atoms with Gasteiger partial charge in [-0.15, -0.1) is 0 Å². The molecule has 2 aromatic carbocycles. The lowest BCUT2D eigenvalue weighted by molar-refractivity contribution is -0.113. The summed E-state index contributed by atoms with van der Waals surface area (Å²) in [5.41, 5.74) is 2.55. The summed E-state index contributed by atoms with van der Waals surface area (Å²) in [7, 11) is 2.90. The van der Waals surface area contributed by atoms with Gasteiger partial charge in [0, 0.05) is 17.5 Å². The molecule has 4 rings (SSSR count). The van der Waals surface area contributed by atoms with Crippen LogP contribution in [0.4, 0.5) is 11.5 Å². The third-order valence-electron chi connectivity index (χ3n) is 5.61. The Morgan fingerprint density at radius 1 is 1.11 bits per heavy atom. The first-order chi connectivity index (χ1) is 16.8. The molecule has 0 saturated heterocycles. The van der Waals surface area contributed by atoms with Gasteiger partial charge in [-0.25, -0.2) is 4.79 Å². The lowest BCUT2D eigenvalue weighted by Gasteiger charge is -2.38. The third kappa shape index (κ3) is 4.73. The van der Waals surface area contributed by atoms with Gasteiger partial charge in [0.15, 0.2) is 10.9 Å². The van der Waals surface area contributed by atoms with Crippen LogP contribution < -0.4 is 20.3 Å². The predicted molar refractivity (Wildman–Crippen MR) is 134 cm³/mol. The number of methoxy groups -OCH3 is 2. The first-order valence-corrected chi connectivity index (χ1v) is 11.1. The molecule has 0 spiro atoms. The standard InChI is InChI=1S/C25H24N4O5S/c1-14-13-20(28-34-14)26-23(30)21-15(2)29(16-9-11-17(32-3)12-10-16)25(35)27-22(21)18-7-5-6-8-19(18)24(31)33-4/h5-13,22H,1-4H3,(H,27,35)(H,26,28,30). The molecule has 0 aliphatic carbocycles. The van der Waals surface area contributed by atoms with Crippen molar-refractivity contribution in [2.75, 3.05) is 24.4 Å². The van der Waals surface area contributed by atoms with Gasteiger partial charge in [-0.05, 0) is 62.0 Å². The molecule has 1 aliphatic heterocycles. The number of allylic oxidation sites excluding steroid dienone is 1. The number of anilines is 2. The van der Waals surface area contributed by atoms with E-state index in [0.29, 0.717) is 39.0 Å². The summed E-state index contributed by atoms with van der Waals surface area (Å²) in [5, 5.41) is 10.3. The smallest absolute Gasteiger partial charge is 0.338 e. The number of amides is 1. The van der Waals surface area contributed by atoms with E-state index in [1.165, 1.54) is 7.11 Å². The maximum absolute atomic E-state index is 13.6. The van der Waals surface area contributed by atoms with Crippen LogP contribution in [-0.4, -0.2) is 36.4 Å². The number of aromatic nitrogens is 1. The molecule has 0 radical (unpaired) electrons. The van der Waals surface area contributed by atoms with Gasteiger partial charge >= 0.3 is 5.97 Å². The molecule has 1 amide bonds. The van der Waals surface area contributed by atoms with Crippen LogP contribution in [0.25, 0.3) is 0 Å². The second-order valence-electron chi connectivity index (χ2n) is 7.77. The molecular formula is C25H24N4O5S. The highest BCUT2D eigenvalue weighted by Gasteiger charge is 2.36. The van der Waals surface area contributed by atoms with Crippen molar-refractivity contribution in [1.82, 2.24) is 10.5 Å². The van der Waals surface area contributed by atoms with E-state index in [9.17, 15) is 9.59 Å². The third-order valence-corrected chi connectivity index (χ3v) is 5.91. The number of hydrogen-bond acceptors (Lipinski definition) is 7. The van der Waals surface area contributed by atoms with Gasteiger partial charge in [0.1, 0.15) is 11.5 Å². The molecule has 1 aromatic heterocycles. The molecule has 35 heavy (non-hydrogen) atoms. The fourth-order valence-electron chi connectivity index (χ4n) is 3.97. The molecule has 1 aliphatic rings. The van der Waals surface area contributed by atoms with Gasteiger partial charge in [-0.1, -0.05) is 23.4 Å². The summed E-state index contributed by atoms with van der Waals surface area (Å²) < 4.78 is 15.3. The van der Waals surface area contributed by atoms with Crippen molar-refractivity contribution in [2.45, 2.75) is 19.9 Å². The molecule has 1 unspecified atom stereocenters. The topological polar surface area (TPSA) is 106 Å². The van der Waals surface area contributed by atoms with Crippen LogP contribution in [0, 0.1) is 6.92 Å². The molecule has 10 heteroatoms. The van der Waals surface area contributed by atoms with Crippen molar-refractivity contribution in [2.24, 2.45) is 0 Å². The van der Waals surface area contributed by atoms with E-state index in [2.05, 4.69) is 15.8 Å². The number of esters is 1. The van der Waals surface area contributed by atoms with E-state index >= 15 is 0 Å². The highest BCUT2D eigenvalue weighted by molar-refractivity contribution is 7.80. The molecule has 0 fully saturated rings. The van der Waals surface area contributed by atoms with E-state index in [4.69, 9.17) is 26.2 Å². The number of carbonyl (C=O) groups is 2. The summed E-state index contributed by atoms with van der Waals surface area (Å²) >= 11 is 5.71. The van der Waals surface area contributed by atoms with Crippen LogP contribution in [0.2, 0.25) is 0 Å². The molecule has 1 atom stereocenters. The minimum Gasteiger partial charge on any atom is -0.497 e. The maximum Gasteiger partial charge on any atom is 0.338 e. The largest absolute Gasteiger partial charge is 0.497 e. The number of thiocarbonyl (C=S) groups is 1. The molecule has 0 saturated carbocycles. The van der Waals surface area contributed by atoms with Gasteiger partial charge in [-0.3, -0.25) is 9.69 Å². The minimum absolute atomic E-state index is 0.275. The first kappa shape index (κ1) is 24.0. The minimum atomic E-state index is -0.722. The van der Waals surface area contributed by atoms with Crippen molar-refractivity contribution in [3.8, 4) is 5.75 Å². The van der Waals surface area contributed by atoms with Crippen LogP contribution in [0.3, 0.4) is 0 Å². The molecule has 3 aromatic rings. The lowest BCUT2D eigenvalue weighted by Crippen LogP contribution is -2.49. The number of carbonyl (C=O) groups excluding carboxylic acids is 2. The highest BCUT2D eigenvalue weighted by atomic mass is 32.1. The van der Waals surface area contributed by atoms with Crippen molar-refractivity contribution >= 4 is 40.7 Å². The Morgan fingerprint density at radius 2 is 1.83 bits per heavy atom. The number of rotatable bonds is 6. The van der Waals surface area contributed by atoms with E-state index in [1.807, 2.05) is 24.3 Å². The summed E-state index contributed by atoms with van der Waals surface area (Å²) in [6, 6.07) is 15.1. The number of hydrogen-bond donors (Lipinski definition) is 2. The second-order valence-corrected chi connectivity index (χ2v) is 8.16. The highest BCUT2D eigenvalue weighted by Crippen LogP contribution is 2.36. The Kier molecular flexibility index (Phi) is 6.83. The number of ether oxygens (including phenoxy) is 2.